The summed E-state index contributed by atoms with van der Waals surface area (Å²) in [4.78, 5) is 28.1. The zero-order valence-electron chi connectivity index (χ0n) is 12.7. The Kier molecular flexibility index (Phi) is 4.61. The van der Waals surface area contributed by atoms with E-state index in [1.54, 1.807) is 17.0 Å². The molecule has 1 aliphatic carbocycles. The summed E-state index contributed by atoms with van der Waals surface area (Å²) in [6.45, 7) is 2.54. The molecule has 1 saturated heterocycles. The average Bonchev–Trinajstić information content (AvgIpc) is 2.72. The van der Waals surface area contributed by atoms with Crippen LogP contribution in [-0.4, -0.2) is 48.0 Å². The molecule has 0 unspecified atom stereocenters. The Morgan fingerprint density at radius 1 is 0.909 bits per heavy atom. The fraction of sp³-hybridized carbons (Fsp3) is 0.529. The minimum absolute atomic E-state index is 0.225. The number of carbonyl (C=O) groups is 2. The first-order valence-corrected chi connectivity index (χ1v) is 8.04. The standard InChI is InChI=1S/C17H22N2O3/c20-16(14-6-4-7-14)18-10-5-11-19(13-12-18)17(21)22-15-8-2-1-3-9-15/h1-3,8-9,14H,4-7,10-13H2. The summed E-state index contributed by atoms with van der Waals surface area (Å²) in [6.07, 6.45) is 3.69. The first-order valence-electron chi connectivity index (χ1n) is 8.04. The van der Waals surface area contributed by atoms with Crippen molar-refractivity contribution in [1.29, 1.82) is 0 Å². The van der Waals surface area contributed by atoms with E-state index in [-0.39, 0.29) is 17.9 Å². The molecule has 5 heteroatoms. The Bertz CT molecular complexity index is 528. The number of hydrogen-bond acceptors (Lipinski definition) is 3. The van der Waals surface area contributed by atoms with Crippen LogP contribution in [0.3, 0.4) is 0 Å². The Hall–Kier alpha value is -2.04. The topological polar surface area (TPSA) is 49.9 Å². The Morgan fingerprint density at radius 2 is 1.59 bits per heavy atom. The summed E-state index contributed by atoms with van der Waals surface area (Å²) in [6, 6.07) is 9.09. The van der Waals surface area contributed by atoms with Crippen molar-refractivity contribution in [2.45, 2.75) is 25.7 Å². The molecular formula is C17H22N2O3. The highest BCUT2D eigenvalue weighted by atomic mass is 16.6. The summed E-state index contributed by atoms with van der Waals surface area (Å²) < 4.78 is 5.37. The average molecular weight is 302 g/mol. The molecule has 2 fully saturated rings. The van der Waals surface area contributed by atoms with E-state index in [0.29, 0.717) is 25.4 Å². The van der Waals surface area contributed by atoms with Gasteiger partial charge in [-0.05, 0) is 31.4 Å². The van der Waals surface area contributed by atoms with E-state index in [1.807, 2.05) is 23.1 Å². The predicted molar refractivity (Wildman–Crippen MR) is 82.6 cm³/mol. The fourth-order valence-electron chi connectivity index (χ4n) is 2.89. The number of benzene rings is 1. The van der Waals surface area contributed by atoms with E-state index in [2.05, 4.69) is 0 Å². The van der Waals surface area contributed by atoms with E-state index in [9.17, 15) is 9.59 Å². The van der Waals surface area contributed by atoms with Crippen molar-refractivity contribution in [2.75, 3.05) is 26.2 Å². The van der Waals surface area contributed by atoms with Gasteiger partial charge in [0.2, 0.25) is 5.91 Å². The molecule has 1 aliphatic heterocycles. The summed E-state index contributed by atoms with van der Waals surface area (Å²) in [5.41, 5.74) is 0. The summed E-state index contributed by atoms with van der Waals surface area (Å²) in [5.74, 6) is 1.05. The van der Waals surface area contributed by atoms with Crippen LogP contribution in [0.15, 0.2) is 30.3 Å². The molecule has 22 heavy (non-hydrogen) atoms. The minimum Gasteiger partial charge on any atom is -0.410 e. The van der Waals surface area contributed by atoms with Gasteiger partial charge in [-0.15, -0.1) is 0 Å². The van der Waals surface area contributed by atoms with Crippen molar-refractivity contribution in [2.24, 2.45) is 5.92 Å². The molecule has 2 aliphatic rings. The second-order valence-electron chi connectivity index (χ2n) is 5.97. The van der Waals surface area contributed by atoms with Crippen LogP contribution in [0.1, 0.15) is 25.7 Å². The van der Waals surface area contributed by atoms with Crippen LogP contribution >= 0.6 is 0 Å². The summed E-state index contributed by atoms with van der Waals surface area (Å²) >= 11 is 0. The van der Waals surface area contributed by atoms with Crippen LogP contribution in [0.4, 0.5) is 4.79 Å². The lowest BCUT2D eigenvalue weighted by Crippen LogP contribution is -2.42. The SMILES string of the molecule is O=C(Oc1ccccc1)N1CCCN(C(=O)C2CCC2)CC1. The van der Waals surface area contributed by atoms with Gasteiger partial charge in [0, 0.05) is 32.1 Å². The van der Waals surface area contributed by atoms with Crippen LogP contribution in [0.25, 0.3) is 0 Å². The second-order valence-corrected chi connectivity index (χ2v) is 5.97. The number of carbonyl (C=O) groups excluding carboxylic acids is 2. The molecule has 1 aromatic rings. The van der Waals surface area contributed by atoms with E-state index in [4.69, 9.17) is 4.74 Å². The molecule has 0 N–H and O–H groups in total. The zero-order chi connectivity index (χ0) is 15.4. The maximum absolute atomic E-state index is 12.3. The molecule has 2 amide bonds. The normalized spacial score (nSPS) is 19.3. The lowest BCUT2D eigenvalue weighted by atomic mass is 9.84. The highest BCUT2D eigenvalue weighted by Gasteiger charge is 2.31. The number of amides is 2. The largest absolute Gasteiger partial charge is 0.415 e. The van der Waals surface area contributed by atoms with Crippen LogP contribution < -0.4 is 4.74 Å². The molecule has 1 saturated carbocycles. The van der Waals surface area contributed by atoms with E-state index < -0.39 is 0 Å². The van der Waals surface area contributed by atoms with Gasteiger partial charge in [-0.3, -0.25) is 4.79 Å². The Morgan fingerprint density at radius 3 is 2.27 bits per heavy atom. The van der Waals surface area contributed by atoms with Crippen molar-refractivity contribution < 1.29 is 14.3 Å². The van der Waals surface area contributed by atoms with Crippen LogP contribution in [-0.2, 0) is 4.79 Å². The third-order valence-electron chi connectivity index (χ3n) is 4.47. The van der Waals surface area contributed by atoms with Crippen molar-refractivity contribution in [3.05, 3.63) is 30.3 Å². The van der Waals surface area contributed by atoms with Crippen molar-refractivity contribution in [1.82, 2.24) is 9.80 Å². The highest BCUT2D eigenvalue weighted by Crippen LogP contribution is 2.28. The number of para-hydroxylation sites is 1. The molecule has 0 aromatic heterocycles. The molecule has 1 heterocycles. The van der Waals surface area contributed by atoms with Crippen LogP contribution in [0.5, 0.6) is 5.75 Å². The second kappa shape index (κ2) is 6.81. The molecule has 3 rings (SSSR count). The first-order chi connectivity index (χ1) is 10.7. The quantitative estimate of drug-likeness (QED) is 0.843. The van der Waals surface area contributed by atoms with Gasteiger partial charge in [0.05, 0.1) is 0 Å². The molecule has 0 radical (unpaired) electrons. The predicted octanol–water partition coefficient (Wildman–Crippen LogP) is 2.52. The number of ether oxygens (including phenoxy) is 1. The van der Waals surface area contributed by atoms with Crippen LogP contribution in [0.2, 0.25) is 0 Å². The summed E-state index contributed by atoms with van der Waals surface area (Å²) in [5, 5.41) is 0. The maximum Gasteiger partial charge on any atom is 0.415 e. The van der Waals surface area contributed by atoms with Crippen molar-refractivity contribution >= 4 is 12.0 Å². The van der Waals surface area contributed by atoms with Gasteiger partial charge in [-0.2, -0.15) is 0 Å². The Balaban J connectivity index is 1.53. The number of nitrogens with zero attached hydrogens (tertiary/aromatic N) is 2. The highest BCUT2D eigenvalue weighted by molar-refractivity contribution is 5.79. The van der Waals surface area contributed by atoms with Gasteiger partial charge >= 0.3 is 6.09 Å². The van der Waals surface area contributed by atoms with Gasteiger partial charge in [0.25, 0.3) is 0 Å². The number of hydrogen-bond donors (Lipinski definition) is 0. The van der Waals surface area contributed by atoms with E-state index in [0.717, 1.165) is 25.8 Å². The van der Waals surface area contributed by atoms with E-state index in [1.165, 1.54) is 6.42 Å². The summed E-state index contributed by atoms with van der Waals surface area (Å²) in [7, 11) is 0. The van der Waals surface area contributed by atoms with Gasteiger partial charge in [0.15, 0.2) is 0 Å². The molecule has 0 bridgehead atoms. The van der Waals surface area contributed by atoms with E-state index >= 15 is 0 Å². The van der Waals surface area contributed by atoms with Crippen molar-refractivity contribution in [3.63, 3.8) is 0 Å². The van der Waals surface area contributed by atoms with Gasteiger partial charge < -0.3 is 14.5 Å². The number of rotatable bonds is 2. The molecule has 1 aromatic carbocycles. The van der Waals surface area contributed by atoms with Gasteiger partial charge in [0.1, 0.15) is 5.75 Å². The zero-order valence-corrected chi connectivity index (χ0v) is 12.7. The van der Waals surface area contributed by atoms with Gasteiger partial charge in [-0.1, -0.05) is 24.6 Å². The fourth-order valence-corrected chi connectivity index (χ4v) is 2.89. The molecule has 0 spiro atoms. The van der Waals surface area contributed by atoms with Crippen LogP contribution in [0, 0.1) is 5.92 Å². The molecule has 118 valence electrons. The maximum atomic E-state index is 12.3. The molecular weight excluding hydrogens is 280 g/mol. The lowest BCUT2D eigenvalue weighted by molar-refractivity contribution is -0.138. The monoisotopic (exact) mass is 302 g/mol. The molecule has 5 nitrogen and oxygen atoms in total. The smallest absolute Gasteiger partial charge is 0.410 e. The van der Waals surface area contributed by atoms with Crippen molar-refractivity contribution in [3.8, 4) is 5.75 Å². The lowest BCUT2D eigenvalue weighted by Gasteiger charge is -2.30. The van der Waals surface area contributed by atoms with Gasteiger partial charge in [-0.25, -0.2) is 4.79 Å². The third kappa shape index (κ3) is 3.40. The first kappa shape index (κ1) is 14.9. The Labute approximate surface area is 130 Å². The molecule has 0 atom stereocenters. The third-order valence-corrected chi connectivity index (χ3v) is 4.47. The minimum atomic E-state index is -0.329.